The summed E-state index contributed by atoms with van der Waals surface area (Å²) in [6.45, 7) is 3.84. The summed E-state index contributed by atoms with van der Waals surface area (Å²) in [4.78, 5) is 24.4. The highest BCUT2D eigenvalue weighted by atomic mass is 16.6. The molecule has 0 aromatic heterocycles. The molecule has 0 amide bonds. The first-order valence-corrected chi connectivity index (χ1v) is 27.3. The Labute approximate surface area is 429 Å². The molecule has 1 unspecified atom stereocenters. The average Bonchev–Trinajstić information content (AvgIpc) is 3.36. The molecular formula is C65H98O5. The van der Waals surface area contributed by atoms with Crippen LogP contribution in [0.3, 0.4) is 0 Å². The van der Waals surface area contributed by atoms with E-state index in [2.05, 4.69) is 196 Å². The Morgan fingerprint density at radius 2 is 0.571 bits per heavy atom. The van der Waals surface area contributed by atoms with Crippen LogP contribution in [0.4, 0.5) is 0 Å². The van der Waals surface area contributed by atoms with Crippen molar-refractivity contribution in [2.24, 2.45) is 0 Å². The number of hydrogen-bond acceptors (Lipinski definition) is 5. The van der Waals surface area contributed by atoms with Gasteiger partial charge in [0.1, 0.15) is 6.61 Å². The summed E-state index contributed by atoms with van der Waals surface area (Å²) < 4.78 is 10.6. The van der Waals surface area contributed by atoms with E-state index in [1.54, 1.807) is 0 Å². The minimum Gasteiger partial charge on any atom is -0.462 e. The van der Waals surface area contributed by atoms with Crippen LogP contribution in [0.25, 0.3) is 0 Å². The molecule has 0 aromatic carbocycles. The van der Waals surface area contributed by atoms with Crippen molar-refractivity contribution in [1.29, 1.82) is 0 Å². The van der Waals surface area contributed by atoms with Crippen LogP contribution in [0.1, 0.15) is 194 Å². The second-order valence-electron chi connectivity index (χ2n) is 17.2. The summed E-state index contributed by atoms with van der Waals surface area (Å²) in [7, 11) is 0. The minimum absolute atomic E-state index is 0.104. The molecule has 1 N–H and O–H groups in total. The molecule has 0 aliphatic heterocycles. The van der Waals surface area contributed by atoms with Crippen LogP contribution < -0.4 is 0 Å². The van der Waals surface area contributed by atoms with E-state index in [4.69, 9.17) is 9.47 Å². The number of hydrogen-bond donors (Lipinski definition) is 1. The van der Waals surface area contributed by atoms with Gasteiger partial charge in [-0.15, -0.1) is 0 Å². The Bertz CT molecular complexity index is 1650. The molecule has 5 heteroatoms. The van der Waals surface area contributed by atoms with Gasteiger partial charge in [0, 0.05) is 12.8 Å². The molecule has 0 saturated carbocycles. The van der Waals surface area contributed by atoms with Gasteiger partial charge in [-0.1, -0.05) is 228 Å². The Morgan fingerprint density at radius 1 is 0.329 bits per heavy atom. The number of ether oxygens (including phenoxy) is 2. The normalized spacial score (nSPS) is 13.7. The highest BCUT2D eigenvalue weighted by molar-refractivity contribution is 5.70. The van der Waals surface area contributed by atoms with Crippen molar-refractivity contribution in [1.82, 2.24) is 0 Å². The summed E-state index contributed by atoms with van der Waals surface area (Å²) in [5.41, 5.74) is 0. The maximum atomic E-state index is 12.3. The first kappa shape index (κ1) is 65.0. The number of aliphatic hydroxyl groups is 1. The summed E-state index contributed by atoms with van der Waals surface area (Å²) in [6, 6.07) is 0. The van der Waals surface area contributed by atoms with Gasteiger partial charge in [0.05, 0.1) is 6.61 Å². The van der Waals surface area contributed by atoms with Gasteiger partial charge in [-0.05, 0) is 135 Å². The zero-order valence-electron chi connectivity index (χ0n) is 44.2. The lowest BCUT2D eigenvalue weighted by atomic mass is 10.1. The average molecular weight is 959 g/mol. The van der Waals surface area contributed by atoms with Crippen molar-refractivity contribution in [3.63, 3.8) is 0 Å². The van der Waals surface area contributed by atoms with Gasteiger partial charge in [-0.3, -0.25) is 9.59 Å². The van der Waals surface area contributed by atoms with E-state index < -0.39 is 6.10 Å². The second kappa shape index (κ2) is 58.3. The largest absolute Gasteiger partial charge is 0.462 e. The summed E-state index contributed by atoms with van der Waals surface area (Å²) in [5, 5.41) is 9.61. The Hall–Kier alpha value is -5.00. The maximum absolute atomic E-state index is 12.3. The molecule has 388 valence electrons. The number of esters is 2. The fraction of sp³-hybridized carbons (Fsp3) is 0.508. The minimum atomic E-state index is -0.809. The molecule has 0 heterocycles. The van der Waals surface area contributed by atoms with Gasteiger partial charge in [0.2, 0.25) is 0 Å². The van der Waals surface area contributed by atoms with Crippen LogP contribution in [-0.2, 0) is 19.1 Å². The van der Waals surface area contributed by atoms with Crippen molar-refractivity contribution in [2.45, 2.75) is 200 Å². The van der Waals surface area contributed by atoms with Gasteiger partial charge in [0.25, 0.3) is 0 Å². The number of unbranched alkanes of at least 4 members (excludes halogenated alkanes) is 9. The van der Waals surface area contributed by atoms with Crippen molar-refractivity contribution in [3.05, 3.63) is 182 Å². The van der Waals surface area contributed by atoms with Crippen LogP contribution >= 0.6 is 0 Å². The molecule has 0 bridgehead atoms. The first-order valence-electron chi connectivity index (χ1n) is 27.3. The van der Waals surface area contributed by atoms with E-state index in [9.17, 15) is 14.7 Å². The standard InChI is InChI=1S/C65H98O5/c1-3-5-7-9-11-13-15-17-19-20-21-22-23-24-25-26-27-28-29-30-31-32-33-34-35-36-37-38-39-40-41-42-43-44-46-48-50-52-54-56-58-60-65(68)70-63(61-66)62-69-64(67)59-57-55-53-51-49-47-45-18-16-14-12-10-8-6-4-2/h5-8,11-14,17-19,21-22,24-25,27-28,30-31,33-34,36-37,39-40,42-43,45,49,51,63,66H,3-4,9-10,15-16,20,23,26,29,32,35,38,41,44,46-48,50,52-62H2,1-2H3/b7-5-,8-6-,13-11-,14-12-,19-17-,22-21-,25-24-,28-27-,31-30-,34-33-,37-36-,40-39-,43-42-,45-18-,51-49-. The third kappa shape index (κ3) is 55.6. The lowest BCUT2D eigenvalue weighted by Crippen LogP contribution is -2.28. The Morgan fingerprint density at radius 3 is 0.886 bits per heavy atom. The Balaban J connectivity index is 3.68. The molecular weight excluding hydrogens is 861 g/mol. The van der Waals surface area contributed by atoms with Crippen molar-refractivity contribution in [2.75, 3.05) is 13.2 Å². The lowest BCUT2D eigenvalue weighted by Gasteiger charge is -2.15. The monoisotopic (exact) mass is 959 g/mol. The summed E-state index contributed by atoms with van der Waals surface area (Å²) in [6.07, 6.45) is 92.9. The van der Waals surface area contributed by atoms with Crippen LogP contribution in [0, 0.1) is 0 Å². The number of carbonyl (C=O) groups excluding carboxylic acids is 2. The van der Waals surface area contributed by atoms with E-state index in [1.165, 1.54) is 25.7 Å². The number of rotatable bonds is 47. The zero-order valence-corrected chi connectivity index (χ0v) is 44.2. The van der Waals surface area contributed by atoms with Gasteiger partial charge < -0.3 is 14.6 Å². The van der Waals surface area contributed by atoms with Crippen LogP contribution in [-0.4, -0.2) is 36.4 Å². The van der Waals surface area contributed by atoms with E-state index >= 15 is 0 Å². The third-order valence-electron chi connectivity index (χ3n) is 10.7. The summed E-state index contributed by atoms with van der Waals surface area (Å²) >= 11 is 0. The van der Waals surface area contributed by atoms with E-state index in [0.29, 0.717) is 12.8 Å². The molecule has 0 aromatic rings. The highest BCUT2D eigenvalue weighted by Crippen LogP contribution is 2.12. The molecule has 0 radical (unpaired) electrons. The second-order valence-corrected chi connectivity index (χ2v) is 17.2. The van der Waals surface area contributed by atoms with Crippen LogP contribution in [0.2, 0.25) is 0 Å². The van der Waals surface area contributed by atoms with Gasteiger partial charge in [0.15, 0.2) is 6.10 Å². The molecule has 1 atom stereocenters. The predicted octanol–water partition coefficient (Wildman–Crippen LogP) is 18.7. The van der Waals surface area contributed by atoms with Crippen molar-refractivity contribution >= 4 is 11.9 Å². The van der Waals surface area contributed by atoms with Crippen molar-refractivity contribution < 1.29 is 24.2 Å². The third-order valence-corrected chi connectivity index (χ3v) is 10.7. The highest BCUT2D eigenvalue weighted by Gasteiger charge is 2.16. The fourth-order valence-corrected chi connectivity index (χ4v) is 6.67. The molecule has 0 aliphatic rings. The van der Waals surface area contributed by atoms with Gasteiger partial charge in [-0.2, -0.15) is 0 Å². The Kier molecular flexibility index (Phi) is 54.1. The van der Waals surface area contributed by atoms with Crippen molar-refractivity contribution in [3.8, 4) is 0 Å². The SMILES string of the molecule is CC/C=C\C/C=C\C/C=C\C/C=C\C/C=C\C/C=C\C/C=C\C/C=C\C/C=C\C/C=C\C/C=C\CCCCCCCCCC(=O)OC(CO)COC(=O)CCCC/C=C\C/C=C\C/C=C\C/C=C\CC. The van der Waals surface area contributed by atoms with E-state index in [1.807, 2.05) is 0 Å². The molecule has 0 spiro atoms. The van der Waals surface area contributed by atoms with Gasteiger partial charge >= 0.3 is 11.9 Å². The van der Waals surface area contributed by atoms with Crippen LogP contribution in [0.5, 0.6) is 0 Å². The predicted molar refractivity (Wildman–Crippen MR) is 306 cm³/mol. The first-order chi connectivity index (χ1) is 34.6. The van der Waals surface area contributed by atoms with E-state index in [-0.39, 0.29) is 25.2 Å². The molecule has 5 nitrogen and oxygen atoms in total. The smallest absolute Gasteiger partial charge is 0.306 e. The molecule has 0 saturated heterocycles. The molecule has 0 aliphatic carbocycles. The van der Waals surface area contributed by atoms with Gasteiger partial charge in [-0.25, -0.2) is 0 Å². The number of carbonyl (C=O) groups is 2. The van der Waals surface area contributed by atoms with Crippen LogP contribution in [0.15, 0.2) is 182 Å². The number of aliphatic hydroxyl groups excluding tert-OH is 1. The quantitative estimate of drug-likeness (QED) is 0.0374. The number of allylic oxidation sites excluding steroid dienone is 30. The molecule has 0 fully saturated rings. The lowest BCUT2D eigenvalue weighted by molar-refractivity contribution is -0.161. The fourth-order valence-electron chi connectivity index (χ4n) is 6.67. The molecule has 0 rings (SSSR count). The summed E-state index contributed by atoms with van der Waals surface area (Å²) in [5.74, 6) is -0.669. The van der Waals surface area contributed by atoms with E-state index in [0.717, 1.165) is 141 Å². The molecule has 70 heavy (non-hydrogen) atoms. The maximum Gasteiger partial charge on any atom is 0.306 e. The zero-order chi connectivity index (χ0) is 50.6. The topological polar surface area (TPSA) is 72.8 Å².